The van der Waals surface area contributed by atoms with Crippen molar-refractivity contribution in [3.63, 3.8) is 0 Å². The molecule has 21 heavy (non-hydrogen) atoms. The van der Waals surface area contributed by atoms with Crippen LogP contribution in [-0.4, -0.2) is 43.9 Å². The van der Waals surface area contributed by atoms with Crippen molar-refractivity contribution in [2.24, 2.45) is 10.6 Å². The van der Waals surface area contributed by atoms with Crippen LogP contribution < -0.4 is 5.14 Å². The molecule has 0 bridgehead atoms. The number of carbonyl (C=O) groups excluding carboxylic acids is 1. The molecule has 1 rings (SSSR count). The summed E-state index contributed by atoms with van der Waals surface area (Å²) < 4.78 is 27.4. The Hall–Kier alpha value is -1.33. The van der Waals surface area contributed by atoms with E-state index in [-0.39, 0.29) is 12.2 Å². The Morgan fingerprint density at radius 3 is 2.29 bits per heavy atom. The number of primary sulfonamides is 1. The van der Waals surface area contributed by atoms with Crippen molar-refractivity contribution < 1.29 is 17.9 Å². The first-order chi connectivity index (χ1) is 9.46. The third-order valence-corrected chi connectivity index (χ3v) is 4.25. The number of hydrogen-bond acceptors (Lipinski definition) is 5. The topological polar surface area (TPSA) is 113 Å². The highest BCUT2D eigenvalue weighted by atomic mass is 32.2. The van der Waals surface area contributed by atoms with Crippen LogP contribution in [-0.2, 0) is 14.8 Å². The number of likely N-dealkylation sites (tertiary alicyclic amines) is 1. The van der Waals surface area contributed by atoms with Crippen LogP contribution in [0.2, 0.25) is 0 Å². The zero-order chi connectivity index (χ0) is 16.3. The SMILES string of the molecule is CC(C)(C)OC(=O)N1CCC(C#N)(CCS(N)(=O)=O)CC1. The molecular weight excluding hydrogens is 294 g/mol. The van der Waals surface area contributed by atoms with Gasteiger partial charge in [-0.25, -0.2) is 18.4 Å². The predicted molar refractivity (Wildman–Crippen MR) is 77.7 cm³/mol. The van der Waals surface area contributed by atoms with Gasteiger partial charge in [0.2, 0.25) is 10.0 Å². The van der Waals surface area contributed by atoms with Crippen molar-refractivity contribution in [3.8, 4) is 6.07 Å². The maximum absolute atomic E-state index is 11.9. The first-order valence-corrected chi connectivity index (χ1v) is 8.58. The van der Waals surface area contributed by atoms with Gasteiger partial charge in [-0.1, -0.05) is 0 Å². The van der Waals surface area contributed by atoms with E-state index < -0.39 is 27.1 Å². The van der Waals surface area contributed by atoms with Gasteiger partial charge in [-0.2, -0.15) is 5.26 Å². The first-order valence-electron chi connectivity index (χ1n) is 6.86. The van der Waals surface area contributed by atoms with Gasteiger partial charge in [0, 0.05) is 13.1 Å². The number of nitriles is 1. The van der Waals surface area contributed by atoms with E-state index in [2.05, 4.69) is 6.07 Å². The Labute approximate surface area is 126 Å². The monoisotopic (exact) mass is 317 g/mol. The standard InChI is InChI=1S/C13H23N3O4S/c1-12(2,3)20-11(17)16-7-4-13(10-14,5-8-16)6-9-21(15,18)19/h4-9H2,1-3H3,(H2,15,18,19). The van der Waals surface area contributed by atoms with Crippen molar-refractivity contribution in [1.29, 1.82) is 5.26 Å². The Bertz CT molecular complexity index is 523. The second kappa shape index (κ2) is 6.20. The number of ether oxygens (including phenoxy) is 1. The average Bonchev–Trinajstić information content (AvgIpc) is 2.34. The number of piperidine rings is 1. The molecule has 1 fully saturated rings. The number of amides is 1. The van der Waals surface area contributed by atoms with Gasteiger partial charge in [0.25, 0.3) is 0 Å². The van der Waals surface area contributed by atoms with Crippen LogP contribution in [0, 0.1) is 16.7 Å². The second-order valence-electron chi connectivity index (χ2n) is 6.48. The molecule has 1 saturated heterocycles. The lowest BCUT2D eigenvalue weighted by Crippen LogP contribution is -2.45. The van der Waals surface area contributed by atoms with Crippen LogP contribution in [0.3, 0.4) is 0 Å². The Kier molecular flexibility index (Phi) is 5.23. The first kappa shape index (κ1) is 17.7. The van der Waals surface area contributed by atoms with E-state index in [1.165, 1.54) is 0 Å². The molecule has 1 aliphatic rings. The fourth-order valence-electron chi connectivity index (χ4n) is 2.20. The fourth-order valence-corrected chi connectivity index (χ4v) is 2.87. The van der Waals surface area contributed by atoms with Crippen molar-refractivity contribution in [2.45, 2.75) is 45.6 Å². The van der Waals surface area contributed by atoms with E-state index in [4.69, 9.17) is 9.88 Å². The molecule has 0 spiro atoms. The largest absolute Gasteiger partial charge is 0.444 e. The van der Waals surface area contributed by atoms with Crippen LogP contribution in [0.25, 0.3) is 0 Å². The average molecular weight is 317 g/mol. The predicted octanol–water partition coefficient (Wildman–Crippen LogP) is 1.21. The number of sulfonamides is 1. The van der Waals surface area contributed by atoms with Crippen LogP contribution in [0.1, 0.15) is 40.0 Å². The normalized spacial score (nSPS) is 18.9. The molecule has 8 heteroatoms. The minimum absolute atomic E-state index is 0.199. The van der Waals surface area contributed by atoms with Gasteiger partial charge in [0.1, 0.15) is 5.60 Å². The molecule has 0 aromatic rings. The van der Waals surface area contributed by atoms with Crippen molar-refractivity contribution >= 4 is 16.1 Å². The van der Waals surface area contributed by atoms with Gasteiger partial charge in [0.05, 0.1) is 17.2 Å². The molecule has 0 saturated carbocycles. The zero-order valence-electron chi connectivity index (χ0n) is 12.8. The molecule has 0 atom stereocenters. The zero-order valence-corrected chi connectivity index (χ0v) is 13.6. The molecule has 0 aromatic heterocycles. The summed E-state index contributed by atoms with van der Waals surface area (Å²) in [5.74, 6) is -0.215. The van der Waals surface area contributed by atoms with Gasteiger partial charge >= 0.3 is 6.09 Å². The summed E-state index contributed by atoms with van der Waals surface area (Å²) in [4.78, 5) is 13.5. The minimum Gasteiger partial charge on any atom is -0.444 e. The van der Waals surface area contributed by atoms with Crippen molar-refractivity contribution in [3.05, 3.63) is 0 Å². The van der Waals surface area contributed by atoms with Crippen molar-refractivity contribution in [2.75, 3.05) is 18.8 Å². The Morgan fingerprint density at radius 1 is 1.38 bits per heavy atom. The van der Waals surface area contributed by atoms with Crippen molar-refractivity contribution in [1.82, 2.24) is 4.90 Å². The molecule has 0 aliphatic carbocycles. The van der Waals surface area contributed by atoms with Gasteiger partial charge in [-0.15, -0.1) is 0 Å². The van der Waals surface area contributed by atoms with E-state index in [0.717, 1.165) is 0 Å². The molecule has 1 amide bonds. The number of rotatable bonds is 3. The second-order valence-corrected chi connectivity index (χ2v) is 8.21. The van der Waals surface area contributed by atoms with Crippen LogP contribution >= 0.6 is 0 Å². The lowest BCUT2D eigenvalue weighted by Gasteiger charge is -2.37. The minimum atomic E-state index is -3.58. The number of carbonyl (C=O) groups is 1. The third-order valence-electron chi connectivity index (χ3n) is 3.47. The summed E-state index contributed by atoms with van der Waals surface area (Å²) in [5, 5.41) is 14.3. The fraction of sp³-hybridized carbons (Fsp3) is 0.846. The van der Waals surface area contributed by atoms with Gasteiger partial charge < -0.3 is 9.64 Å². The third kappa shape index (κ3) is 5.89. The lowest BCUT2D eigenvalue weighted by atomic mass is 9.77. The lowest BCUT2D eigenvalue weighted by molar-refractivity contribution is 0.0146. The molecule has 1 heterocycles. The summed E-state index contributed by atoms with van der Waals surface area (Å²) in [6.07, 6.45) is 0.654. The summed E-state index contributed by atoms with van der Waals surface area (Å²) >= 11 is 0. The highest BCUT2D eigenvalue weighted by Crippen LogP contribution is 2.35. The molecule has 0 radical (unpaired) electrons. The molecule has 2 N–H and O–H groups in total. The van der Waals surface area contributed by atoms with E-state index in [0.29, 0.717) is 25.9 Å². The number of nitrogens with zero attached hydrogens (tertiary/aromatic N) is 2. The van der Waals surface area contributed by atoms with Gasteiger partial charge in [0.15, 0.2) is 0 Å². The smallest absolute Gasteiger partial charge is 0.410 e. The van der Waals surface area contributed by atoms with Crippen LogP contribution in [0.15, 0.2) is 0 Å². The molecule has 0 aromatic carbocycles. The summed E-state index contributed by atoms with van der Waals surface area (Å²) in [5.41, 5.74) is -1.29. The molecule has 120 valence electrons. The van der Waals surface area contributed by atoms with E-state index in [1.54, 1.807) is 25.7 Å². The molecule has 0 unspecified atom stereocenters. The maximum Gasteiger partial charge on any atom is 0.410 e. The summed E-state index contributed by atoms with van der Waals surface area (Å²) in [6, 6.07) is 2.20. The van der Waals surface area contributed by atoms with E-state index in [1.807, 2.05) is 0 Å². The maximum atomic E-state index is 11.9. The van der Waals surface area contributed by atoms with Gasteiger partial charge in [-0.05, 0) is 40.0 Å². The Morgan fingerprint density at radius 2 is 1.90 bits per heavy atom. The van der Waals surface area contributed by atoms with Crippen LogP contribution in [0.5, 0.6) is 0 Å². The number of hydrogen-bond donors (Lipinski definition) is 1. The quantitative estimate of drug-likeness (QED) is 0.840. The Balaban J connectivity index is 2.60. The number of nitrogens with two attached hydrogens (primary N) is 1. The van der Waals surface area contributed by atoms with E-state index >= 15 is 0 Å². The highest BCUT2D eigenvalue weighted by molar-refractivity contribution is 7.89. The molecule has 1 aliphatic heterocycles. The highest BCUT2D eigenvalue weighted by Gasteiger charge is 2.37. The molecular formula is C13H23N3O4S. The summed E-state index contributed by atoms with van der Waals surface area (Å²) in [7, 11) is -3.58. The van der Waals surface area contributed by atoms with E-state index in [9.17, 15) is 18.5 Å². The summed E-state index contributed by atoms with van der Waals surface area (Å²) in [6.45, 7) is 6.14. The molecule has 7 nitrogen and oxygen atoms in total. The van der Waals surface area contributed by atoms with Crippen LogP contribution in [0.4, 0.5) is 4.79 Å². The van der Waals surface area contributed by atoms with Gasteiger partial charge in [-0.3, -0.25) is 0 Å².